The fraction of sp³-hybridized carbons (Fsp3) is 0.300. The Morgan fingerprint density at radius 2 is 2.07 bits per heavy atom. The molecule has 2 N–H and O–H groups in total. The van der Waals surface area contributed by atoms with Crippen molar-refractivity contribution in [3.05, 3.63) is 29.3 Å². The normalized spacial score (nSPS) is 9.21. The topological polar surface area (TPSA) is 57.5 Å². The van der Waals surface area contributed by atoms with Gasteiger partial charge in [-0.2, -0.15) is 0 Å². The zero-order chi connectivity index (χ0) is 9.84. The van der Waals surface area contributed by atoms with Gasteiger partial charge in [-0.05, 0) is 30.2 Å². The molecule has 0 aliphatic rings. The van der Waals surface area contributed by atoms with Crippen molar-refractivity contribution >= 4 is 35.5 Å². The molecule has 1 aromatic rings. The second-order valence-corrected chi connectivity index (χ2v) is 2.90. The van der Waals surface area contributed by atoms with Crippen molar-refractivity contribution in [1.29, 1.82) is 0 Å². The quantitative estimate of drug-likeness (QED) is 0.731. The summed E-state index contributed by atoms with van der Waals surface area (Å²) in [6.07, 6.45) is 1.54. The summed E-state index contributed by atoms with van der Waals surface area (Å²) in [6.45, 7) is 1.97. The predicted molar refractivity (Wildman–Crippen MR) is 56.2 cm³/mol. The first-order valence-electron chi connectivity index (χ1n) is 4.20. The summed E-state index contributed by atoms with van der Waals surface area (Å²) in [5.74, 6) is -0.822. The zero-order valence-electron chi connectivity index (χ0n) is 7.45. The van der Waals surface area contributed by atoms with Gasteiger partial charge in [-0.3, -0.25) is 0 Å². The molecule has 0 aromatic heterocycles. The van der Waals surface area contributed by atoms with Crippen LogP contribution in [0, 0.1) is 0 Å². The molecule has 3 nitrogen and oxygen atoms in total. The van der Waals surface area contributed by atoms with Crippen LogP contribution in [0.2, 0.25) is 0 Å². The van der Waals surface area contributed by atoms with Crippen LogP contribution in [0.25, 0.3) is 0 Å². The van der Waals surface area contributed by atoms with Crippen LogP contribution in [0.15, 0.2) is 18.2 Å². The molecule has 72 valence electrons. The number of aromatic carboxylic acids is 1. The molecule has 0 aliphatic heterocycles. The molecule has 0 aliphatic carbocycles. The number of carboxylic acid groups (broad SMARTS) is 1. The fourth-order valence-electron chi connectivity index (χ4n) is 1.26. The monoisotopic (exact) mass is 204 g/mol. The van der Waals surface area contributed by atoms with Gasteiger partial charge in [0, 0.05) is 0 Å². The number of phenols is 1. The SMILES string of the molecule is CCCc1cc(O)ccc1C(=O)O.[NaH]. The van der Waals surface area contributed by atoms with Gasteiger partial charge in [-0.15, -0.1) is 0 Å². The molecule has 0 amide bonds. The van der Waals surface area contributed by atoms with Gasteiger partial charge in [-0.25, -0.2) is 4.79 Å². The Balaban J connectivity index is 0.00000169. The van der Waals surface area contributed by atoms with Crippen molar-refractivity contribution in [3.63, 3.8) is 0 Å². The Hall–Kier alpha value is -0.510. The first-order valence-corrected chi connectivity index (χ1v) is 4.20. The van der Waals surface area contributed by atoms with E-state index in [1.165, 1.54) is 18.2 Å². The predicted octanol–water partition coefficient (Wildman–Crippen LogP) is 1.39. The van der Waals surface area contributed by atoms with E-state index < -0.39 is 5.97 Å². The summed E-state index contributed by atoms with van der Waals surface area (Å²) in [4.78, 5) is 10.7. The van der Waals surface area contributed by atoms with E-state index in [9.17, 15) is 4.79 Å². The van der Waals surface area contributed by atoms with E-state index in [4.69, 9.17) is 10.2 Å². The fourth-order valence-corrected chi connectivity index (χ4v) is 1.26. The summed E-state index contributed by atoms with van der Waals surface area (Å²) in [5, 5.41) is 18.0. The number of hydrogen-bond donors (Lipinski definition) is 2. The van der Waals surface area contributed by atoms with Crippen molar-refractivity contribution in [2.45, 2.75) is 19.8 Å². The number of aryl methyl sites for hydroxylation is 1. The number of rotatable bonds is 3. The maximum atomic E-state index is 10.7. The van der Waals surface area contributed by atoms with Crippen LogP contribution in [0.1, 0.15) is 29.3 Å². The van der Waals surface area contributed by atoms with Gasteiger partial charge in [0.25, 0.3) is 0 Å². The number of carbonyl (C=O) groups is 1. The van der Waals surface area contributed by atoms with Crippen LogP contribution >= 0.6 is 0 Å². The van der Waals surface area contributed by atoms with Gasteiger partial charge in [0.2, 0.25) is 0 Å². The van der Waals surface area contributed by atoms with Crippen molar-refractivity contribution in [1.82, 2.24) is 0 Å². The second-order valence-electron chi connectivity index (χ2n) is 2.90. The molecule has 0 saturated heterocycles. The Bertz CT molecular complexity index is 323. The maximum absolute atomic E-state index is 10.7. The molecule has 14 heavy (non-hydrogen) atoms. The van der Waals surface area contributed by atoms with Gasteiger partial charge < -0.3 is 10.2 Å². The number of carboxylic acids is 1. The Morgan fingerprint density at radius 1 is 1.43 bits per heavy atom. The van der Waals surface area contributed by atoms with E-state index >= 15 is 0 Å². The van der Waals surface area contributed by atoms with Gasteiger partial charge >= 0.3 is 35.5 Å². The third-order valence-corrected chi connectivity index (χ3v) is 1.84. The first-order chi connectivity index (χ1) is 6.15. The Morgan fingerprint density at radius 3 is 2.57 bits per heavy atom. The second kappa shape index (κ2) is 6.06. The number of hydrogen-bond acceptors (Lipinski definition) is 2. The van der Waals surface area contributed by atoms with Crippen molar-refractivity contribution in [2.24, 2.45) is 0 Å². The standard InChI is InChI=1S/C10H12O3.Na.H/c1-2-3-7-6-8(11)4-5-9(7)10(12)13;;/h4-6,11H,2-3H2,1H3,(H,12,13);;. The molecule has 0 bridgehead atoms. The summed E-state index contributed by atoms with van der Waals surface area (Å²) in [6, 6.07) is 4.33. The van der Waals surface area contributed by atoms with Gasteiger partial charge in [-0.1, -0.05) is 13.3 Å². The number of phenolic OH excluding ortho intramolecular Hbond substituents is 1. The first kappa shape index (κ1) is 13.5. The van der Waals surface area contributed by atoms with E-state index in [0.29, 0.717) is 12.0 Å². The van der Waals surface area contributed by atoms with E-state index in [1.807, 2.05) is 6.92 Å². The third kappa shape index (κ3) is 3.33. The van der Waals surface area contributed by atoms with Crippen LogP contribution in [0.4, 0.5) is 0 Å². The molecule has 0 heterocycles. The average Bonchev–Trinajstić information content (AvgIpc) is 2.04. The van der Waals surface area contributed by atoms with Gasteiger partial charge in [0.05, 0.1) is 5.56 Å². The Kier molecular flexibility index (Phi) is 5.84. The summed E-state index contributed by atoms with van der Waals surface area (Å²) in [5.41, 5.74) is 0.967. The van der Waals surface area contributed by atoms with Crippen LogP contribution in [0.5, 0.6) is 5.75 Å². The van der Waals surface area contributed by atoms with Gasteiger partial charge in [0.1, 0.15) is 5.75 Å². The molecule has 4 heteroatoms. The van der Waals surface area contributed by atoms with Crippen LogP contribution < -0.4 is 0 Å². The molecule has 0 atom stereocenters. The zero-order valence-corrected chi connectivity index (χ0v) is 7.45. The average molecular weight is 204 g/mol. The van der Waals surface area contributed by atoms with E-state index in [2.05, 4.69) is 0 Å². The summed E-state index contributed by atoms with van der Waals surface area (Å²) in [7, 11) is 0. The van der Waals surface area contributed by atoms with E-state index in [0.717, 1.165) is 6.42 Å². The molecule has 1 rings (SSSR count). The van der Waals surface area contributed by atoms with Crippen molar-refractivity contribution in [3.8, 4) is 5.75 Å². The molecule has 0 saturated carbocycles. The third-order valence-electron chi connectivity index (χ3n) is 1.84. The Labute approximate surface area is 105 Å². The number of aromatic hydroxyl groups is 1. The molecular weight excluding hydrogens is 191 g/mol. The van der Waals surface area contributed by atoms with Crippen molar-refractivity contribution in [2.75, 3.05) is 0 Å². The van der Waals surface area contributed by atoms with Gasteiger partial charge in [0.15, 0.2) is 0 Å². The van der Waals surface area contributed by atoms with Crippen LogP contribution in [-0.2, 0) is 6.42 Å². The van der Waals surface area contributed by atoms with Crippen LogP contribution in [0.3, 0.4) is 0 Å². The van der Waals surface area contributed by atoms with Crippen molar-refractivity contribution < 1.29 is 15.0 Å². The molecule has 0 fully saturated rings. The van der Waals surface area contributed by atoms with E-state index in [1.54, 1.807) is 0 Å². The molecular formula is C10H13NaO3. The van der Waals surface area contributed by atoms with Crippen LogP contribution in [-0.4, -0.2) is 45.7 Å². The molecule has 1 aromatic carbocycles. The summed E-state index contributed by atoms with van der Waals surface area (Å²) < 4.78 is 0. The summed E-state index contributed by atoms with van der Waals surface area (Å²) >= 11 is 0. The minimum absolute atomic E-state index is 0. The van der Waals surface area contributed by atoms with E-state index in [-0.39, 0.29) is 40.9 Å². The molecule has 0 unspecified atom stereocenters. The number of benzene rings is 1. The minimum atomic E-state index is -0.941. The molecule has 0 radical (unpaired) electrons. The molecule has 0 spiro atoms.